The number of rotatable bonds is 7. The summed E-state index contributed by atoms with van der Waals surface area (Å²) in [6.07, 6.45) is 7.71. The van der Waals surface area contributed by atoms with Crippen molar-refractivity contribution in [2.24, 2.45) is 0 Å². The van der Waals surface area contributed by atoms with Crippen molar-refractivity contribution in [2.75, 3.05) is 13.7 Å². The Morgan fingerprint density at radius 3 is 2.75 bits per heavy atom. The summed E-state index contributed by atoms with van der Waals surface area (Å²) in [5.74, 6) is -0.385. The lowest BCUT2D eigenvalue weighted by Gasteiger charge is -2.15. The molecule has 146 valence electrons. The van der Waals surface area contributed by atoms with E-state index in [9.17, 15) is 4.79 Å². The molecule has 0 saturated heterocycles. The van der Waals surface area contributed by atoms with E-state index >= 15 is 0 Å². The average Bonchev–Trinajstić information content (AvgIpc) is 3.08. The number of nitrogens with zero attached hydrogens (tertiary/aromatic N) is 3. The van der Waals surface area contributed by atoms with E-state index in [0.29, 0.717) is 13.2 Å². The minimum absolute atomic E-state index is 0.325. The minimum Gasteiger partial charge on any atom is -0.463 e. The van der Waals surface area contributed by atoms with Crippen molar-refractivity contribution >= 4 is 17.6 Å². The SMILES string of the molecule is CCOC(=O)C=Cc1c(COC)nn2c(CC)ccc2c1-c1cncc(C)c1. The summed E-state index contributed by atoms with van der Waals surface area (Å²) in [6.45, 7) is 6.55. The summed E-state index contributed by atoms with van der Waals surface area (Å²) < 4.78 is 12.4. The third-order valence-electron chi connectivity index (χ3n) is 4.47. The quantitative estimate of drug-likeness (QED) is 0.459. The molecular formula is C22H25N3O3. The third kappa shape index (κ3) is 3.97. The molecule has 0 atom stereocenters. The van der Waals surface area contributed by atoms with Gasteiger partial charge in [-0.15, -0.1) is 0 Å². The molecule has 0 aliphatic heterocycles. The van der Waals surface area contributed by atoms with Crippen LogP contribution in [0, 0.1) is 6.92 Å². The van der Waals surface area contributed by atoms with Gasteiger partial charge in [0.05, 0.1) is 24.4 Å². The molecule has 0 aliphatic rings. The topological polar surface area (TPSA) is 65.7 Å². The van der Waals surface area contributed by atoms with Crippen molar-refractivity contribution in [3.63, 3.8) is 0 Å². The predicted molar refractivity (Wildman–Crippen MR) is 109 cm³/mol. The van der Waals surface area contributed by atoms with Crippen LogP contribution in [-0.2, 0) is 27.3 Å². The molecule has 0 radical (unpaired) electrons. The molecule has 0 amide bonds. The number of ether oxygens (including phenoxy) is 2. The van der Waals surface area contributed by atoms with Crippen molar-refractivity contribution in [2.45, 2.75) is 33.8 Å². The Labute approximate surface area is 164 Å². The van der Waals surface area contributed by atoms with Crippen LogP contribution in [0.3, 0.4) is 0 Å². The van der Waals surface area contributed by atoms with E-state index in [0.717, 1.165) is 45.6 Å². The number of fused-ring (bicyclic) bond motifs is 1. The first-order valence-corrected chi connectivity index (χ1v) is 9.38. The molecule has 0 saturated carbocycles. The van der Waals surface area contributed by atoms with Gasteiger partial charge in [0.15, 0.2) is 0 Å². The zero-order valence-electron chi connectivity index (χ0n) is 16.7. The van der Waals surface area contributed by atoms with Gasteiger partial charge in [-0.25, -0.2) is 9.31 Å². The maximum atomic E-state index is 11.9. The van der Waals surface area contributed by atoms with E-state index in [2.05, 4.69) is 30.1 Å². The van der Waals surface area contributed by atoms with Gasteiger partial charge < -0.3 is 9.47 Å². The second-order valence-electron chi connectivity index (χ2n) is 6.48. The fourth-order valence-electron chi connectivity index (χ4n) is 3.26. The van der Waals surface area contributed by atoms with Crippen LogP contribution >= 0.6 is 0 Å². The zero-order valence-corrected chi connectivity index (χ0v) is 16.7. The molecule has 0 N–H and O–H groups in total. The predicted octanol–water partition coefficient (Wildman–Crippen LogP) is 3.99. The van der Waals surface area contributed by atoms with Crippen LogP contribution in [0.4, 0.5) is 0 Å². The number of methoxy groups -OCH3 is 1. The van der Waals surface area contributed by atoms with E-state index in [1.807, 2.05) is 23.8 Å². The summed E-state index contributed by atoms with van der Waals surface area (Å²) >= 11 is 0. The molecule has 0 unspecified atom stereocenters. The Bertz CT molecular complexity index is 1020. The number of carbonyl (C=O) groups excluding carboxylic acids is 1. The summed E-state index contributed by atoms with van der Waals surface area (Å²) in [4.78, 5) is 16.3. The molecule has 0 aliphatic carbocycles. The lowest BCUT2D eigenvalue weighted by atomic mass is 9.98. The largest absolute Gasteiger partial charge is 0.463 e. The fourth-order valence-corrected chi connectivity index (χ4v) is 3.26. The van der Waals surface area contributed by atoms with Gasteiger partial charge in [0, 0.05) is 48.0 Å². The highest BCUT2D eigenvalue weighted by molar-refractivity contribution is 5.93. The lowest BCUT2D eigenvalue weighted by Crippen LogP contribution is -2.08. The molecule has 0 bridgehead atoms. The number of hydrogen-bond acceptors (Lipinski definition) is 5. The highest BCUT2D eigenvalue weighted by Crippen LogP contribution is 2.33. The number of esters is 1. The van der Waals surface area contributed by atoms with E-state index in [-0.39, 0.29) is 5.97 Å². The molecule has 0 spiro atoms. The van der Waals surface area contributed by atoms with E-state index in [4.69, 9.17) is 14.6 Å². The minimum atomic E-state index is -0.385. The lowest BCUT2D eigenvalue weighted by molar-refractivity contribution is -0.137. The average molecular weight is 379 g/mol. The van der Waals surface area contributed by atoms with Crippen LogP contribution in [0.25, 0.3) is 22.7 Å². The standard InChI is InChI=1S/C22H25N3O3/c1-5-17-7-9-20-22(16-11-15(3)12-23-13-16)18(8-10-21(26)28-6-2)19(14-27-4)24-25(17)20/h7-13H,5-6,14H2,1-4H3. The van der Waals surface area contributed by atoms with Gasteiger partial charge in [-0.05, 0) is 50.1 Å². The van der Waals surface area contributed by atoms with Crippen molar-refractivity contribution < 1.29 is 14.3 Å². The molecule has 3 rings (SSSR count). The highest BCUT2D eigenvalue weighted by atomic mass is 16.5. The normalized spacial score (nSPS) is 11.4. The second kappa shape index (κ2) is 8.80. The van der Waals surface area contributed by atoms with Crippen LogP contribution < -0.4 is 0 Å². The van der Waals surface area contributed by atoms with Crippen LogP contribution in [0.2, 0.25) is 0 Å². The van der Waals surface area contributed by atoms with Gasteiger partial charge >= 0.3 is 5.97 Å². The van der Waals surface area contributed by atoms with Gasteiger partial charge in [-0.3, -0.25) is 4.98 Å². The summed E-state index contributed by atoms with van der Waals surface area (Å²) in [6, 6.07) is 6.21. The fraction of sp³-hybridized carbons (Fsp3) is 0.318. The number of pyridine rings is 1. The number of hydrogen-bond donors (Lipinski definition) is 0. The Balaban J connectivity index is 2.32. The molecule has 6 nitrogen and oxygen atoms in total. The maximum absolute atomic E-state index is 11.9. The van der Waals surface area contributed by atoms with Crippen LogP contribution in [-0.4, -0.2) is 34.3 Å². The Morgan fingerprint density at radius 2 is 2.07 bits per heavy atom. The van der Waals surface area contributed by atoms with Gasteiger partial charge in [-0.1, -0.05) is 6.92 Å². The van der Waals surface area contributed by atoms with E-state index in [1.165, 1.54) is 6.08 Å². The molecular weight excluding hydrogens is 354 g/mol. The molecule has 0 fully saturated rings. The van der Waals surface area contributed by atoms with Crippen molar-refractivity contribution in [1.29, 1.82) is 0 Å². The van der Waals surface area contributed by atoms with Crippen LogP contribution in [0.5, 0.6) is 0 Å². The molecule has 28 heavy (non-hydrogen) atoms. The first-order valence-electron chi connectivity index (χ1n) is 9.38. The van der Waals surface area contributed by atoms with Gasteiger partial charge in [0.1, 0.15) is 0 Å². The van der Waals surface area contributed by atoms with Crippen molar-refractivity contribution in [1.82, 2.24) is 14.6 Å². The second-order valence-corrected chi connectivity index (χ2v) is 6.48. The van der Waals surface area contributed by atoms with Crippen molar-refractivity contribution in [3.05, 3.63) is 59.2 Å². The molecule has 6 heteroatoms. The number of aryl methyl sites for hydroxylation is 2. The first-order chi connectivity index (χ1) is 13.6. The highest BCUT2D eigenvalue weighted by Gasteiger charge is 2.18. The summed E-state index contributed by atoms with van der Waals surface area (Å²) in [5, 5.41) is 4.80. The first kappa shape index (κ1) is 19.8. The number of aromatic nitrogens is 3. The Hall–Kier alpha value is -2.99. The maximum Gasteiger partial charge on any atom is 0.330 e. The van der Waals surface area contributed by atoms with Crippen LogP contribution in [0.1, 0.15) is 36.4 Å². The van der Waals surface area contributed by atoms with Gasteiger partial charge in [0.25, 0.3) is 0 Å². The van der Waals surface area contributed by atoms with E-state index in [1.54, 1.807) is 20.1 Å². The summed E-state index contributed by atoms with van der Waals surface area (Å²) in [5.41, 5.74) is 6.65. The molecule has 0 aromatic carbocycles. The zero-order chi connectivity index (χ0) is 20.1. The molecule has 3 aromatic heterocycles. The Morgan fingerprint density at radius 1 is 1.25 bits per heavy atom. The monoisotopic (exact) mass is 379 g/mol. The summed E-state index contributed by atoms with van der Waals surface area (Å²) in [7, 11) is 1.63. The van der Waals surface area contributed by atoms with Crippen LogP contribution in [0.15, 0.2) is 36.7 Å². The number of carbonyl (C=O) groups is 1. The van der Waals surface area contributed by atoms with E-state index < -0.39 is 0 Å². The van der Waals surface area contributed by atoms with Gasteiger partial charge in [-0.2, -0.15) is 5.10 Å². The molecule has 3 heterocycles. The Kier molecular flexibility index (Phi) is 6.21. The van der Waals surface area contributed by atoms with Crippen molar-refractivity contribution in [3.8, 4) is 11.1 Å². The van der Waals surface area contributed by atoms with Gasteiger partial charge in [0.2, 0.25) is 0 Å². The smallest absolute Gasteiger partial charge is 0.330 e. The third-order valence-corrected chi connectivity index (χ3v) is 4.47. The molecule has 3 aromatic rings.